The van der Waals surface area contributed by atoms with Gasteiger partial charge >= 0.3 is 0 Å². The second-order valence-electron chi connectivity index (χ2n) is 6.91. The normalized spacial score (nSPS) is 15.5. The predicted octanol–water partition coefficient (Wildman–Crippen LogP) is 2.37. The zero-order valence-corrected chi connectivity index (χ0v) is 16.7. The van der Waals surface area contributed by atoms with Crippen molar-refractivity contribution in [3.63, 3.8) is 0 Å². The number of carbonyl (C=O) groups excluding carboxylic acids is 1. The number of hydrogen-bond donors (Lipinski definition) is 1. The lowest BCUT2D eigenvalue weighted by atomic mass is 10.2. The fourth-order valence-electron chi connectivity index (χ4n) is 3.22. The number of halogens is 1. The van der Waals surface area contributed by atoms with Crippen LogP contribution in [0, 0.1) is 5.82 Å². The Morgan fingerprint density at radius 2 is 1.93 bits per heavy atom. The smallest absolute Gasteiger partial charge is 0.241 e. The van der Waals surface area contributed by atoms with Crippen molar-refractivity contribution in [2.45, 2.75) is 13.1 Å². The van der Waals surface area contributed by atoms with Gasteiger partial charge in [-0.2, -0.15) is 4.98 Å². The van der Waals surface area contributed by atoms with Gasteiger partial charge in [0, 0.05) is 38.3 Å². The molecule has 1 fully saturated rings. The Kier molecular flexibility index (Phi) is 6.28. The number of piperazine rings is 1. The van der Waals surface area contributed by atoms with Gasteiger partial charge in [-0.15, -0.1) is 11.3 Å². The molecule has 0 aliphatic carbocycles. The van der Waals surface area contributed by atoms with E-state index in [2.05, 4.69) is 25.3 Å². The van der Waals surface area contributed by atoms with Gasteiger partial charge in [0.15, 0.2) is 0 Å². The number of rotatable bonds is 7. The maximum Gasteiger partial charge on any atom is 0.241 e. The van der Waals surface area contributed by atoms with Crippen molar-refractivity contribution in [3.8, 4) is 10.7 Å². The van der Waals surface area contributed by atoms with Crippen molar-refractivity contribution in [2.24, 2.45) is 0 Å². The summed E-state index contributed by atoms with van der Waals surface area (Å²) < 4.78 is 19.0. The van der Waals surface area contributed by atoms with Gasteiger partial charge in [-0.3, -0.25) is 14.6 Å². The lowest BCUT2D eigenvalue weighted by Gasteiger charge is -2.33. The minimum Gasteiger partial charge on any atom is -0.351 e. The third kappa shape index (κ3) is 5.26. The van der Waals surface area contributed by atoms with Gasteiger partial charge in [0.25, 0.3) is 0 Å². The molecule has 152 valence electrons. The number of nitrogens with one attached hydrogen (secondary N) is 1. The number of thiophene rings is 1. The Morgan fingerprint density at radius 1 is 1.14 bits per heavy atom. The number of hydrogen-bond acceptors (Lipinski definition) is 7. The molecular formula is C20H22FN5O2S. The maximum absolute atomic E-state index is 13.6. The average molecular weight is 415 g/mol. The molecule has 1 N–H and O–H groups in total. The zero-order chi connectivity index (χ0) is 20.1. The van der Waals surface area contributed by atoms with Crippen LogP contribution in [0.25, 0.3) is 10.7 Å². The van der Waals surface area contributed by atoms with E-state index < -0.39 is 0 Å². The molecule has 1 aliphatic rings. The molecule has 1 saturated heterocycles. The Bertz CT molecular complexity index is 938. The van der Waals surface area contributed by atoms with Crippen LogP contribution in [0.3, 0.4) is 0 Å². The van der Waals surface area contributed by atoms with Crippen molar-refractivity contribution in [2.75, 3.05) is 32.7 Å². The number of carbonyl (C=O) groups is 1. The van der Waals surface area contributed by atoms with Crippen LogP contribution in [0.1, 0.15) is 11.5 Å². The van der Waals surface area contributed by atoms with E-state index in [0.29, 0.717) is 30.4 Å². The standard InChI is InChI=1S/C20H22FN5O2S/c21-16-5-2-1-4-15(16)12-22-18(27)13-25-7-9-26(10-8-25)14-19-23-20(24-28-19)17-6-3-11-29-17/h1-6,11H,7-10,12-14H2,(H,22,27). The first-order chi connectivity index (χ1) is 14.2. The molecule has 9 heteroatoms. The predicted molar refractivity (Wildman–Crippen MR) is 108 cm³/mol. The number of amides is 1. The van der Waals surface area contributed by atoms with Gasteiger partial charge in [-0.05, 0) is 17.5 Å². The van der Waals surface area contributed by atoms with Crippen LogP contribution in [0.15, 0.2) is 46.3 Å². The van der Waals surface area contributed by atoms with Crippen LogP contribution in [-0.4, -0.2) is 58.6 Å². The second-order valence-corrected chi connectivity index (χ2v) is 7.86. The van der Waals surface area contributed by atoms with E-state index in [1.54, 1.807) is 29.5 Å². The molecule has 0 atom stereocenters. The first kappa shape index (κ1) is 19.7. The first-order valence-corrected chi connectivity index (χ1v) is 10.4. The van der Waals surface area contributed by atoms with Crippen molar-refractivity contribution in [1.82, 2.24) is 25.3 Å². The molecule has 0 bridgehead atoms. The van der Waals surface area contributed by atoms with Crippen LogP contribution >= 0.6 is 11.3 Å². The molecule has 0 spiro atoms. The van der Waals surface area contributed by atoms with Crippen molar-refractivity contribution < 1.29 is 13.7 Å². The molecule has 2 aromatic heterocycles. The minimum atomic E-state index is -0.301. The Balaban J connectivity index is 1.19. The highest BCUT2D eigenvalue weighted by atomic mass is 32.1. The summed E-state index contributed by atoms with van der Waals surface area (Å²) in [6, 6.07) is 10.4. The van der Waals surface area contributed by atoms with E-state index in [0.717, 1.165) is 31.1 Å². The van der Waals surface area contributed by atoms with Gasteiger partial charge in [0.05, 0.1) is 18.0 Å². The summed E-state index contributed by atoms with van der Waals surface area (Å²) in [4.78, 5) is 21.9. The molecule has 29 heavy (non-hydrogen) atoms. The van der Waals surface area contributed by atoms with Crippen molar-refractivity contribution >= 4 is 17.2 Å². The van der Waals surface area contributed by atoms with Gasteiger partial charge in [0.2, 0.25) is 17.6 Å². The SMILES string of the molecule is O=C(CN1CCN(Cc2nc(-c3cccs3)no2)CC1)NCc1ccccc1F. The lowest BCUT2D eigenvalue weighted by molar-refractivity contribution is -0.122. The molecule has 1 aliphatic heterocycles. The summed E-state index contributed by atoms with van der Waals surface area (Å²) in [6.45, 7) is 4.30. The van der Waals surface area contributed by atoms with Gasteiger partial charge < -0.3 is 9.84 Å². The van der Waals surface area contributed by atoms with Crippen LogP contribution in [0.5, 0.6) is 0 Å². The zero-order valence-electron chi connectivity index (χ0n) is 15.9. The summed E-state index contributed by atoms with van der Waals surface area (Å²) in [5, 5.41) is 8.81. The van der Waals surface area contributed by atoms with E-state index in [9.17, 15) is 9.18 Å². The summed E-state index contributed by atoms with van der Waals surface area (Å²) >= 11 is 1.58. The van der Waals surface area contributed by atoms with E-state index in [-0.39, 0.29) is 18.3 Å². The van der Waals surface area contributed by atoms with Crippen LogP contribution < -0.4 is 5.32 Å². The average Bonchev–Trinajstić information content (AvgIpc) is 3.41. The van der Waals surface area contributed by atoms with Gasteiger partial charge in [-0.25, -0.2) is 4.39 Å². The molecule has 0 radical (unpaired) electrons. The highest BCUT2D eigenvalue weighted by Crippen LogP contribution is 2.21. The van der Waals surface area contributed by atoms with Gasteiger partial charge in [-0.1, -0.05) is 29.4 Å². The first-order valence-electron chi connectivity index (χ1n) is 9.48. The molecule has 0 unspecified atom stereocenters. The van der Waals surface area contributed by atoms with Crippen molar-refractivity contribution in [1.29, 1.82) is 0 Å². The summed E-state index contributed by atoms with van der Waals surface area (Å²) in [5.74, 6) is 0.827. The van der Waals surface area contributed by atoms with Gasteiger partial charge in [0.1, 0.15) is 5.82 Å². The topological polar surface area (TPSA) is 74.5 Å². The molecule has 1 aromatic carbocycles. The Labute approximate surface area is 172 Å². The van der Waals surface area contributed by atoms with Crippen LogP contribution in [0.4, 0.5) is 4.39 Å². The quantitative estimate of drug-likeness (QED) is 0.639. The Morgan fingerprint density at radius 3 is 2.69 bits per heavy atom. The Hall–Kier alpha value is -2.62. The number of aromatic nitrogens is 2. The lowest BCUT2D eigenvalue weighted by Crippen LogP contribution is -2.49. The second kappa shape index (κ2) is 9.25. The van der Waals surface area contributed by atoms with E-state index >= 15 is 0 Å². The number of benzene rings is 1. The molecule has 7 nitrogen and oxygen atoms in total. The van der Waals surface area contributed by atoms with Crippen LogP contribution in [-0.2, 0) is 17.9 Å². The number of nitrogens with zero attached hydrogens (tertiary/aromatic N) is 4. The third-order valence-electron chi connectivity index (χ3n) is 4.83. The summed E-state index contributed by atoms with van der Waals surface area (Å²) in [7, 11) is 0. The van der Waals surface area contributed by atoms with E-state index in [1.165, 1.54) is 6.07 Å². The fraction of sp³-hybridized carbons (Fsp3) is 0.350. The molecule has 3 heterocycles. The summed E-state index contributed by atoms with van der Waals surface area (Å²) in [5.41, 5.74) is 0.493. The largest absolute Gasteiger partial charge is 0.351 e. The molecule has 4 rings (SSSR count). The monoisotopic (exact) mass is 415 g/mol. The van der Waals surface area contributed by atoms with Crippen LogP contribution in [0.2, 0.25) is 0 Å². The highest BCUT2D eigenvalue weighted by molar-refractivity contribution is 7.13. The molecule has 1 amide bonds. The molecule has 0 saturated carbocycles. The third-order valence-corrected chi connectivity index (χ3v) is 5.70. The highest BCUT2D eigenvalue weighted by Gasteiger charge is 2.21. The van der Waals surface area contributed by atoms with E-state index in [4.69, 9.17) is 4.52 Å². The van der Waals surface area contributed by atoms with E-state index in [1.807, 2.05) is 17.5 Å². The fourth-order valence-corrected chi connectivity index (χ4v) is 3.87. The molecule has 3 aromatic rings. The summed E-state index contributed by atoms with van der Waals surface area (Å²) in [6.07, 6.45) is 0. The molecular weight excluding hydrogens is 393 g/mol. The maximum atomic E-state index is 13.6. The minimum absolute atomic E-state index is 0.0980. The van der Waals surface area contributed by atoms with Crippen molar-refractivity contribution in [3.05, 3.63) is 59.0 Å².